The van der Waals surface area contributed by atoms with E-state index in [0.29, 0.717) is 12.3 Å². The molecule has 0 aliphatic carbocycles. The van der Waals surface area contributed by atoms with Crippen LogP contribution in [-0.2, 0) is 4.74 Å². The van der Waals surface area contributed by atoms with E-state index >= 15 is 0 Å². The molecule has 128 valence electrons. The summed E-state index contributed by atoms with van der Waals surface area (Å²) < 4.78 is 5.17. The number of aliphatic hydroxyl groups is 4. The van der Waals surface area contributed by atoms with Crippen molar-refractivity contribution in [3.63, 3.8) is 0 Å². The normalized spacial score (nSPS) is 16.0. The van der Waals surface area contributed by atoms with Gasteiger partial charge in [-0.25, -0.2) is 0 Å². The summed E-state index contributed by atoms with van der Waals surface area (Å²) in [5.41, 5.74) is -0.818. The molecule has 0 fully saturated rings. The molecule has 0 aliphatic rings. The third-order valence-corrected chi connectivity index (χ3v) is 4.18. The molecule has 5 nitrogen and oxygen atoms in total. The Balaban J connectivity index is 4.67. The molecule has 4 N–H and O–H groups in total. The number of hydrogen-bond donors (Lipinski definition) is 4. The molecule has 0 aliphatic heterocycles. The molecule has 0 heterocycles. The summed E-state index contributed by atoms with van der Waals surface area (Å²) in [6, 6.07) is 0. The Bertz CT molecular complexity index is 265. The lowest BCUT2D eigenvalue weighted by atomic mass is 9.73. The van der Waals surface area contributed by atoms with Gasteiger partial charge in [-0.15, -0.1) is 0 Å². The second-order valence-corrected chi connectivity index (χ2v) is 6.68. The van der Waals surface area contributed by atoms with E-state index in [0.717, 1.165) is 12.8 Å². The van der Waals surface area contributed by atoms with Crippen molar-refractivity contribution in [1.82, 2.24) is 0 Å². The van der Waals surface area contributed by atoms with Gasteiger partial charge in [0.2, 0.25) is 0 Å². The van der Waals surface area contributed by atoms with Crippen LogP contribution in [0.15, 0.2) is 0 Å². The summed E-state index contributed by atoms with van der Waals surface area (Å²) in [4.78, 5) is 0. The largest absolute Gasteiger partial charge is 0.394 e. The van der Waals surface area contributed by atoms with E-state index in [4.69, 9.17) is 9.84 Å². The fraction of sp³-hybridized carbons (Fsp3) is 1.00. The summed E-state index contributed by atoms with van der Waals surface area (Å²) in [7, 11) is 0. The first-order valence-corrected chi connectivity index (χ1v) is 8.01. The maximum Gasteiger partial charge on any atom is 0.197 e. The van der Waals surface area contributed by atoms with E-state index in [2.05, 4.69) is 13.8 Å². The van der Waals surface area contributed by atoms with Gasteiger partial charge in [-0.2, -0.15) is 0 Å². The average molecular weight is 306 g/mol. The zero-order valence-corrected chi connectivity index (χ0v) is 14.0. The Hall–Kier alpha value is -0.200. The second-order valence-electron chi connectivity index (χ2n) is 6.68. The molecule has 0 saturated carbocycles. The summed E-state index contributed by atoms with van der Waals surface area (Å²) >= 11 is 0. The van der Waals surface area contributed by atoms with Gasteiger partial charge in [0.15, 0.2) is 5.79 Å². The van der Waals surface area contributed by atoms with Crippen LogP contribution in [0.5, 0.6) is 0 Å². The molecule has 0 bridgehead atoms. The van der Waals surface area contributed by atoms with Crippen LogP contribution in [0, 0.1) is 11.3 Å². The fourth-order valence-electron chi connectivity index (χ4n) is 2.79. The highest BCUT2D eigenvalue weighted by molar-refractivity contribution is 4.91. The monoisotopic (exact) mass is 306 g/mol. The minimum Gasteiger partial charge on any atom is -0.394 e. The summed E-state index contributed by atoms with van der Waals surface area (Å²) in [5.74, 6) is -1.78. The van der Waals surface area contributed by atoms with Gasteiger partial charge in [-0.05, 0) is 12.3 Å². The molecular weight excluding hydrogens is 272 g/mol. The number of hydrogen-bond acceptors (Lipinski definition) is 5. The molecular formula is C16H34O5. The van der Waals surface area contributed by atoms with Crippen molar-refractivity contribution >= 4 is 0 Å². The highest BCUT2D eigenvalue weighted by Gasteiger charge is 2.49. The molecule has 0 aromatic carbocycles. The SMILES string of the molecule is CCCCCC(C)CC(C)(C)C(O)(O)C(CO)OCCO. The summed E-state index contributed by atoms with van der Waals surface area (Å²) in [6.45, 7) is 7.06. The third-order valence-electron chi connectivity index (χ3n) is 4.18. The van der Waals surface area contributed by atoms with E-state index < -0.39 is 23.9 Å². The van der Waals surface area contributed by atoms with Gasteiger partial charge in [-0.1, -0.05) is 53.4 Å². The zero-order chi connectivity index (χ0) is 16.5. The van der Waals surface area contributed by atoms with Crippen molar-refractivity contribution in [2.45, 2.75) is 71.7 Å². The molecule has 5 heteroatoms. The van der Waals surface area contributed by atoms with E-state index in [1.165, 1.54) is 12.8 Å². The first-order valence-electron chi connectivity index (χ1n) is 8.01. The Morgan fingerprint density at radius 2 is 1.71 bits per heavy atom. The highest BCUT2D eigenvalue weighted by Crippen LogP contribution is 2.39. The summed E-state index contributed by atoms with van der Waals surface area (Å²) in [6.07, 6.45) is 4.05. The molecule has 2 atom stereocenters. The van der Waals surface area contributed by atoms with E-state index in [9.17, 15) is 15.3 Å². The standard InChI is InChI=1S/C16H34O5/c1-5-6-7-8-13(2)11-15(3,4)16(19,20)14(12-18)21-10-9-17/h13-14,17-20H,5-12H2,1-4H3. The van der Waals surface area contributed by atoms with Crippen LogP contribution in [-0.4, -0.2) is 52.1 Å². The quantitative estimate of drug-likeness (QED) is 0.325. The van der Waals surface area contributed by atoms with Crippen LogP contribution in [0.4, 0.5) is 0 Å². The second kappa shape index (κ2) is 9.74. The van der Waals surface area contributed by atoms with Crippen LogP contribution in [0.25, 0.3) is 0 Å². The topological polar surface area (TPSA) is 90.2 Å². The van der Waals surface area contributed by atoms with Crippen LogP contribution in [0.3, 0.4) is 0 Å². The predicted molar refractivity (Wildman–Crippen MR) is 82.8 cm³/mol. The lowest BCUT2D eigenvalue weighted by molar-refractivity contribution is -0.303. The Morgan fingerprint density at radius 1 is 1.10 bits per heavy atom. The van der Waals surface area contributed by atoms with Gasteiger partial charge >= 0.3 is 0 Å². The maximum absolute atomic E-state index is 10.4. The minimum atomic E-state index is -2.14. The number of aliphatic hydroxyl groups excluding tert-OH is 2. The Kier molecular flexibility index (Phi) is 9.65. The molecule has 0 saturated heterocycles. The number of ether oxygens (including phenoxy) is 1. The van der Waals surface area contributed by atoms with Crippen molar-refractivity contribution in [2.75, 3.05) is 19.8 Å². The fourth-order valence-corrected chi connectivity index (χ4v) is 2.79. The first-order chi connectivity index (χ1) is 9.72. The van der Waals surface area contributed by atoms with Crippen molar-refractivity contribution in [1.29, 1.82) is 0 Å². The van der Waals surface area contributed by atoms with Crippen LogP contribution in [0.2, 0.25) is 0 Å². The van der Waals surface area contributed by atoms with Gasteiger partial charge in [-0.3, -0.25) is 0 Å². The molecule has 2 unspecified atom stereocenters. The third kappa shape index (κ3) is 6.61. The van der Waals surface area contributed by atoms with Crippen molar-refractivity contribution in [3.05, 3.63) is 0 Å². The molecule has 0 rings (SSSR count). The van der Waals surface area contributed by atoms with Crippen molar-refractivity contribution < 1.29 is 25.2 Å². The van der Waals surface area contributed by atoms with E-state index in [-0.39, 0.29) is 13.2 Å². The van der Waals surface area contributed by atoms with Crippen molar-refractivity contribution in [3.8, 4) is 0 Å². The molecule has 0 aromatic heterocycles. The molecule has 0 spiro atoms. The number of rotatable bonds is 12. The van der Waals surface area contributed by atoms with Gasteiger partial charge < -0.3 is 25.2 Å². The van der Waals surface area contributed by atoms with Gasteiger partial charge in [0.1, 0.15) is 6.10 Å². The Labute approximate surface area is 129 Å². The van der Waals surface area contributed by atoms with E-state index in [1.54, 1.807) is 13.8 Å². The lowest BCUT2D eigenvalue weighted by Crippen LogP contribution is -2.57. The van der Waals surface area contributed by atoms with Gasteiger partial charge in [0, 0.05) is 5.41 Å². The van der Waals surface area contributed by atoms with Crippen LogP contribution < -0.4 is 0 Å². The summed E-state index contributed by atoms with van der Waals surface area (Å²) in [5, 5.41) is 39.0. The predicted octanol–water partition coefficient (Wildman–Crippen LogP) is 1.67. The number of unbranched alkanes of at least 4 members (excludes halogenated alkanes) is 2. The first kappa shape index (κ1) is 20.8. The van der Waals surface area contributed by atoms with Gasteiger partial charge in [0.05, 0.1) is 19.8 Å². The van der Waals surface area contributed by atoms with Crippen LogP contribution >= 0.6 is 0 Å². The molecule has 0 amide bonds. The molecule has 21 heavy (non-hydrogen) atoms. The van der Waals surface area contributed by atoms with Gasteiger partial charge in [0.25, 0.3) is 0 Å². The molecule has 0 radical (unpaired) electrons. The van der Waals surface area contributed by atoms with E-state index in [1.807, 2.05) is 0 Å². The zero-order valence-electron chi connectivity index (χ0n) is 14.0. The van der Waals surface area contributed by atoms with Crippen LogP contribution in [0.1, 0.15) is 59.8 Å². The smallest absolute Gasteiger partial charge is 0.197 e. The lowest BCUT2D eigenvalue weighted by Gasteiger charge is -2.43. The minimum absolute atomic E-state index is 0.0315. The Morgan fingerprint density at radius 3 is 2.19 bits per heavy atom. The molecule has 0 aromatic rings. The van der Waals surface area contributed by atoms with Crippen molar-refractivity contribution in [2.24, 2.45) is 11.3 Å². The highest BCUT2D eigenvalue weighted by atomic mass is 16.6. The maximum atomic E-state index is 10.4. The average Bonchev–Trinajstić information content (AvgIpc) is 2.38.